The molecule has 0 aliphatic carbocycles. The third kappa shape index (κ3) is 1.88. The zero-order valence-electron chi connectivity index (χ0n) is 9.96. The summed E-state index contributed by atoms with van der Waals surface area (Å²) in [5.74, 6) is 0.278. The molecule has 0 aliphatic heterocycles. The Labute approximate surface area is 105 Å². The SMILES string of the molecule is Cc1cc(-c2ccc3ccccc3n2)nc(N)n1. The smallest absolute Gasteiger partial charge is 0.220 e. The minimum Gasteiger partial charge on any atom is -0.368 e. The number of benzene rings is 1. The molecule has 0 unspecified atom stereocenters. The van der Waals surface area contributed by atoms with E-state index in [-0.39, 0.29) is 5.95 Å². The molecule has 2 heterocycles. The van der Waals surface area contributed by atoms with Crippen molar-refractivity contribution >= 4 is 16.9 Å². The topological polar surface area (TPSA) is 64.7 Å². The molecule has 0 aliphatic rings. The minimum absolute atomic E-state index is 0.278. The molecular formula is C14H12N4. The van der Waals surface area contributed by atoms with Gasteiger partial charge in [-0.2, -0.15) is 0 Å². The van der Waals surface area contributed by atoms with Gasteiger partial charge in [0.25, 0.3) is 0 Å². The number of para-hydroxylation sites is 1. The molecule has 0 fully saturated rings. The van der Waals surface area contributed by atoms with Crippen molar-refractivity contribution in [3.8, 4) is 11.4 Å². The molecule has 4 heteroatoms. The van der Waals surface area contributed by atoms with Crippen LogP contribution in [0.2, 0.25) is 0 Å². The molecule has 2 N–H and O–H groups in total. The van der Waals surface area contributed by atoms with E-state index in [1.807, 2.05) is 49.4 Å². The van der Waals surface area contributed by atoms with E-state index in [1.165, 1.54) is 0 Å². The Balaban J connectivity index is 2.19. The Morgan fingerprint density at radius 3 is 2.56 bits per heavy atom. The summed E-state index contributed by atoms with van der Waals surface area (Å²) in [5.41, 5.74) is 9.01. The second-order valence-corrected chi connectivity index (χ2v) is 4.14. The van der Waals surface area contributed by atoms with Crippen molar-refractivity contribution in [2.24, 2.45) is 0 Å². The lowest BCUT2D eigenvalue weighted by molar-refractivity contribution is 1.11. The summed E-state index contributed by atoms with van der Waals surface area (Å²) < 4.78 is 0. The predicted molar refractivity (Wildman–Crippen MR) is 71.9 cm³/mol. The van der Waals surface area contributed by atoms with E-state index in [0.29, 0.717) is 0 Å². The number of aryl methyl sites for hydroxylation is 1. The second-order valence-electron chi connectivity index (χ2n) is 4.14. The van der Waals surface area contributed by atoms with Gasteiger partial charge < -0.3 is 5.73 Å². The Morgan fingerprint density at radius 1 is 0.889 bits per heavy atom. The van der Waals surface area contributed by atoms with Crippen molar-refractivity contribution in [2.75, 3.05) is 5.73 Å². The van der Waals surface area contributed by atoms with Crippen LogP contribution in [0.1, 0.15) is 5.69 Å². The van der Waals surface area contributed by atoms with Gasteiger partial charge in [0.05, 0.1) is 16.9 Å². The number of nitrogens with zero attached hydrogens (tertiary/aromatic N) is 3. The molecule has 18 heavy (non-hydrogen) atoms. The zero-order chi connectivity index (χ0) is 12.5. The molecule has 1 aromatic carbocycles. The lowest BCUT2D eigenvalue weighted by Crippen LogP contribution is -1.99. The van der Waals surface area contributed by atoms with Crippen molar-refractivity contribution in [1.82, 2.24) is 15.0 Å². The van der Waals surface area contributed by atoms with Crippen LogP contribution in [0.25, 0.3) is 22.3 Å². The molecule has 0 bridgehead atoms. The van der Waals surface area contributed by atoms with Crippen molar-refractivity contribution in [2.45, 2.75) is 6.92 Å². The molecule has 0 atom stereocenters. The van der Waals surface area contributed by atoms with Gasteiger partial charge in [0, 0.05) is 11.1 Å². The highest BCUT2D eigenvalue weighted by atomic mass is 15.0. The van der Waals surface area contributed by atoms with Crippen LogP contribution in [0.4, 0.5) is 5.95 Å². The van der Waals surface area contributed by atoms with Crippen LogP contribution < -0.4 is 5.73 Å². The lowest BCUT2D eigenvalue weighted by Gasteiger charge is -2.04. The van der Waals surface area contributed by atoms with Crippen molar-refractivity contribution < 1.29 is 0 Å². The Kier molecular flexibility index (Phi) is 2.41. The van der Waals surface area contributed by atoms with Gasteiger partial charge in [-0.3, -0.25) is 0 Å². The van der Waals surface area contributed by atoms with Crippen LogP contribution >= 0.6 is 0 Å². The van der Waals surface area contributed by atoms with E-state index in [4.69, 9.17) is 5.73 Å². The standard InChI is InChI=1S/C14H12N4/c1-9-8-13(18-14(15)16-9)12-7-6-10-4-2-3-5-11(10)17-12/h2-8H,1H3,(H2,15,16,18). The molecule has 3 aromatic rings. The van der Waals surface area contributed by atoms with Gasteiger partial charge in [-0.15, -0.1) is 0 Å². The molecule has 0 saturated carbocycles. The fourth-order valence-electron chi connectivity index (χ4n) is 1.93. The Morgan fingerprint density at radius 2 is 1.72 bits per heavy atom. The molecule has 88 valence electrons. The number of rotatable bonds is 1. The van der Waals surface area contributed by atoms with Gasteiger partial charge in [0.2, 0.25) is 5.95 Å². The average molecular weight is 236 g/mol. The highest BCUT2D eigenvalue weighted by Gasteiger charge is 2.05. The summed E-state index contributed by atoms with van der Waals surface area (Å²) in [6, 6.07) is 13.8. The number of fused-ring (bicyclic) bond motifs is 1. The summed E-state index contributed by atoms with van der Waals surface area (Å²) >= 11 is 0. The fourth-order valence-corrected chi connectivity index (χ4v) is 1.93. The molecular weight excluding hydrogens is 224 g/mol. The number of pyridine rings is 1. The number of anilines is 1. The van der Waals surface area contributed by atoms with E-state index in [9.17, 15) is 0 Å². The minimum atomic E-state index is 0.278. The summed E-state index contributed by atoms with van der Waals surface area (Å²) in [6.07, 6.45) is 0. The zero-order valence-corrected chi connectivity index (χ0v) is 9.96. The van der Waals surface area contributed by atoms with Gasteiger partial charge in [0.15, 0.2) is 0 Å². The third-order valence-electron chi connectivity index (χ3n) is 2.73. The van der Waals surface area contributed by atoms with Crippen LogP contribution in [0.3, 0.4) is 0 Å². The van der Waals surface area contributed by atoms with Crippen LogP contribution in [0, 0.1) is 6.92 Å². The van der Waals surface area contributed by atoms with E-state index in [2.05, 4.69) is 15.0 Å². The molecule has 4 nitrogen and oxygen atoms in total. The fraction of sp³-hybridized carbons (Fsp3) is 0.0714. The van der Waals surface area contributed by atoms with Crippen LogP contribution in [-0.2, 0) is 0 Å². The maximum Gasteiger partial charge on any atom is 0.220 e. The number of aromatic nitrogens is 3. The average Bonchev–Trinajstić information content (AvgIpc) is 2.37. The first-order valence-electron chi connectivity index (χ1n) is 5.70. The molecule has 0 spiro atoms. The predicted octanol–water partition coefficient (Wildman–Crippen LogP) is 2.58. The summed E-state index contributed by atoms with van der Waals surface area (Å²) in [7, 11) is 0. The van der Waals surface area contributed by atoms with E-state index >= 15 is 0 Å². The van der Waals surface area contributed by atoms with Crippen molar-refractivity contribution in [3.63, 3.8) is 0 Å². The molecule has 3 rings (SSSR count). The van der Waals surface area contributed by atoms with Gasteiger partial charge in [-0.1, -0.05) is 24.3 Å². The number of hydrogen-bond donors (Lipinski definition) is 1. The summed E-state index contributed by atoms with van der Waals surface area (Å²) in [5, 5.41) is 1.11. The van der Waals surface area contributed by atoms with Gasteiger partial charge >= 0.3 is 0 Å². The first-order valence-corrected chi connectivity index (χ1v) is 5.70. The summed E-state index contributed by atoms with van der Waals surface area (Å²) in [4.78, 5) is 12.9. The van der Waals surface area contributed by atoms with Crippen LogP contribution in [-0.4, -0.2) is 15.0 Å². The maximum atomic E-state index is 5.66. The molecule has 0 amide bonds. The lowest BCUT2D eigenvalue weighted by atomic mass is 10.1. The van der Waals surface area contributed by atoms with Gasteiger partial charge in [0.1, 0.15) is 0 Å². The van der Waals surface area contributed by atoms with Crippen LogP contribution in [0.5, 0.6) is 0 Å². The molecule has 2 aromatic heterocycles. The van der Waals surface area contributed by atoms with E-state index in [1.54, 1.807) is 0 Å². The third-order valence-corrected chi connectivity index (χ3v) is 2.73. The number of nitrogen functional groups attached to an aromatic ring is 1. The van der Waals surface area contributed by atoms with Gasteiger partial charge in [-0.25, -0.2) is 15.0 Å². The normalized spacial score (nSPS) is 10.7. The van der Waals surface area contributed by atoms with E-state index < -0.39 is 0 Å². The highest BCUT2D eigenvalue weighted by molar-refractivity contribution is 5.81. The number of hydrogen-bond acceptors (Lipinski definition) is 4. The highest BCUT2D eigenvalue weighted by Crippen LogP contribution is 2.20. The van der Waals surface area contributed by atoms with Gasteiger partial charge in [-0.05, 0) is 25.1 Å². The monoisotopic (exact) mass is 236 g/mol. The maximum absolute atomic E-state index is 5.66. The Bertz CT molecular complexity index is 702. The quantitative estimate of drug-likeness (QED) is 0.705. The first-order chi connectivity index (χ1) is 8.72. The number of nitrogens with two attached hydrogens (primary N) is 1. The Hall–Kier alpha value is -2.49. The molecule has 0 saturated heterocycles. The first kappa shape index (κ1) is 10.7. The summed E-state index contributed by atoms with van der Waals surface area (Å²) in [6.45, 7) is 1.89. The van der Waals surface area contributed by atoms with E-state index in [0.717, 1.165) is 28.0 Å². The largest absolute Gasteiger partial charge is 0.368 e. The van der Waals surface area contributed by atoms with Crippen LogP contribution in [0.15, 0.2) is 42.5 Å². The second kappa shape index (κ2) is 4.07. The van der Waals surface area contributed by atoms with Crippen molar-refractivity contribution in [3.05, 3.63) is 48.2 Å². The molecule has 0 radical (unpaired) electrons. The van der Waals surface area contributed by atoms with Crippen molar-refractivity contribution in [1.29, 1.82) is 0 Å².